The molecule has 15 heteroatoms. The molecule has 7 atom stereocenters. The molecule has 8 N–H and O–H groups in total. The minimum Gasteiger partial charge on any atom is -0.480 e. The van der Waals surface area contributed by atoms with Gasteiger partial charge in [-0.25, -0.2) is 4.79 Å². The summed E-state index contributed by atoms with van der Waals surface area (Å²) in [5.41, 5.74) is 7.53. The number of nitrogens with two attached hydrogens (primary N) is 1. The normalized spacial score (nSPS) is 17.2. The molecule has 1 aliphatic rings. The van der Waals surface area contributed by atoms with E-state index in [1.165, 1.54) is 4.90 Å². The highest BCUT2D eigenvalue weighted by molar-refractivity contribution is 5.97. The number of rotatable bonds is 20. The van der Waals surface area contributed by atoms with Crippen molar-refractivity contribution < 1.29 is 38.7 Å². The van der Waals surface area contributed by atoms with E-state index in [1.54, 1.807) is 102 Å². The highest BCUT2D eigenvalue weighted by Crippen LogP contribution is 2.21. The number of aliphatic carboxylic acids is 1. The molecule has 1 heterocycles. The molecule has 1 fully saturated rings. The molecular formula is C43H63N7O8. The number of nitrogens with one attached hydrogen (secondary N) is 5. The number of nitrogens with zero attached hydrogens (tertiary/aromatic N) is 1. The predicted octanol–water partition coefficient (Wildman–Crippen LogP) is 1.92. The van der Waals surface area contributed by atoms with Crippen molar-refractivity contribution in [2.24, 2.45) is 29.4 Å². The van der Waals surface area contributed by atoms with Crippen molar-refractivity contribution >= 4 is 41.4 Å². The van der Waals surface area contributed by atoms with Gasteiger partial charge >= 0.3 is 5.97 Å². The molecule has 0 saturated carbocycles. The highest BCUT2D eigenvalue weighted by Gasteiger charge is 2.40. The average Bonchev–Trinajstić information content (AvgIpc) is 3.67. The van der Waals surface area contributed by atoms with Gasteiger partial charge < -0.3 is 42.3 Å². The van der Waals surface area contributed by atoms with Crippen molar-refractivity contribution in [3.63, 3.8) is 0 Å². The van der Waals surface area contributed by atoms with Crippen LogP contribution in [0.1, 0.15) is 79.4 Å². The maximum absolute atomic E-state index is 14.0. The van der Waals surface area contributed by atoms with E-state index in [1.807, 2.05) is 13.8 Å². The summed E-state index contributed by atoms with van der Waals surface area (Å²) in [6, 6.07) is 10.4. The zero-order valence-corrected chi connectivity index (χ0v) is 35.0. The minimum absolute atomic E-state index is 0.0218. The predicted molar refractivity (Wildman–Crippen MR) is 220 cm³/mol. The number of carboxylic acids is 1. The van der Waals surface area contributed by atoms with Gasteiger partial charge in [-0.3, -0.25) is 28.8 Å². The zero-order valence-electron chi connectivity index (χ0n) is 35.0. The van der Waals surface area contributed by atoms with E-state index in [9.17, 15) is 38.7 Å². The number of benzene rings is 2. The summed E-state index contributed by atoms with van der Waals surface area (Å²) in [6.07, 6.45) is 1.10. The van der Waals surface area contributed by atoms with Gasteiger partial charge in [0.2, 0.25) is 35.4 Å². The quantitative estimate of drug-likeness (QED) is 0.104. The van der Waals surface area contributed by atoms with Crippen molar-refractivity contribution in [2.75, 3.05) is 6.54 Å². The highest BCUT2D eigenvalue weighted by atomic mass is 16.4. The lowest BCUT2D eigenvalue weighted by Crippen LogP contribution is -2.62. The van der Waals surface area contributed by atoms with Crippen molar-refractivity contribution in [1.29, 1.82) is 0 Å². The molecule has 318 valence electrons. The number of hydrogen-bond acceptors (Lipinski definition) is 8. The summed E-state index contributed by atoms with van der Waals surface area (Å²) in [7, 11) is 0. The van der Waals surface area contributed by atoms with Gasteiger partial charge in [-0.2, -0.15) is 0 Å². The molecule has 0 bridgehead atoms. The Morgan fingerprint density at radius 1 is 0.603 bits per heavy atom. The SMILES string of the molecule is CC(C)[C@@H](N)C(=O)N1CCC[C@H]1C(=O)N[C@@H](C(=O)N[C@@H](C(=O)N[C@@H](C(=O)N[C@@H](Cc1ccccc1)C(=O)N[C@H](Cc1ccccc1)C(=O)O)C(C)C)C(C)C)C(C)C. The van der Waals surface area contributed by atoms with E-state index < -0.39 is 95.6 Å². The Morgan fingerprint density at radius 3 is 1.45 bits per heavy atom. The summed E-state index contributed by atoms with van der Waals surface area (Å²) in [5.74, 6) is -6.13. The third-order valence-electron chi connectivity index (χ3n) is 10.4. The number of likely N-dealkylation sites (tertiary alicyclic amines) is 1. The van der Waals surface area contributed by atoms with Gasteiger partial charge in [0, 0.05) is 19.4 Å². The Hall–Kier alpha value is -5.31. The summed E-state index contributed by atoms with van der Waals surface area (Å²) in [6.45, 7) is 14.4. The van der Waals surface area contributed by atoms with Crippen molar-refractivity contribution in [1.82, 2.24) is 31.5 Å². The van der Waals surface area contributed by atoms with E-state index in [0.29, 0.717) is 30.5 Å². The van der Waals surface area contributed by atoms with Crippen LogP contribution in [0.15, 0.2) is 60.7 Å². The van der Waals surface area contributed by atoms with E-state index in [0.717, 1.165) is 0 Å². The van der Waals surface area contributed by atoms with Gasteiger partial charge in [0.15, 0.2) is 0 Å². The minimum atomic E-state index is -1.27. The number of carboxylic acid groups (broad SMARTS) is 1. The van der Waals surface area contributed by atoms with Crippen LogP contribution >= 0.6 is 0 Å². The Kier molecular flexibility index (Phi) is 17.9. The Bertz CT molecular complexity index is 1720. The largest absolute Gasteiger partial charge is 0.480 e. The standard InChI is InChI=1S/C43H63N7O8/c1-24(2)33(44)42(56)50-21-15-20-32(50)38(52)47-35(26(5)6)40(54)49-36(27(7)8)41(55)48-34(25(3)4)39(53)45-30(22-28-16-11-9-12-17-28)37(51)46-31(43(57)58)23-29-18-13-10-14-19-29/h9-14,16-19,24-27,30-36H,15,20-23,44H2,1-8H3,(H,45,53)(H,46,51)(H,47,52)(H,48,55)(H,49,54)(H,57,58)/t30-,31+,32-,33+,34+,35+,36+/m0/s1. The molecule has 6 amide bonds. The van der Waals surface area contributed by atoms with Gasteiger partial charge in [-0.1, -0.05) is 116 Å². The van der Waals surface area contributed by atoms with Gasteiger partial charge in [0.05, 0.1) is 6.04 Å². The molecule has 3 rings (SSSR count). The van der Waals surface area contributed by atoms with E-state index in [4.69, 9.17) is 5.73 Å². The van der Waals surface area contributed by atoms with Crippen LogP contribution in [0.5, 0.6) is 0 Å². The molecule has 0 radical (unpaired) electrons. The van der Waals surface area contributed by atoms with Gasteiger partial charge in [-0.05, 0) is 47.6 Å². The smallest absolute Gasteiger partial charge is 0.326 e. The molecule has 0 spiro atoms. The lowest BCUT2D eigenvalue weighted by molar-refractivity contribution is -0.142. The Morgan fingerprint density at radius 2 is 1.02 bits per heavy atom. The summed E-state index contributed by atoms with van der Waals surface area (Å²) in [4.78, 5) is 95.7. The van der Waals surface area contributed by atoms with Crippen LogP contribution in [0.2, 0.25) is 0 Å². The topological polar surface area (TPSA) is 229 Å². The third kappa shape index (κ3) is 13.4. The van der Waals surface area contributed by atoms with Crippen molar-refractivity contribution in [3.05, 3.63) is 71.8 Å². The summed E-state index contributed by atoms with van der Waals surface area (Å²) in [5, 5.41) is 23.6. The maximum atomic E-state index is 14.0. The lowest BCUT2D eigenvalue weighted by atomic mass is 9.97. The number of hydrogen-bond donors (Lipinski definition) is 7. The first-order valence-electron chi connectivity index (χ1n) is 20.2. The van der Waals surface area contributed by atoms with Crippen LogP contribution in [0.3, 0.4) is 0 Å². The maximum Gasteiger partial charge on any atom is 0.326 e. The third-order valence-corrected chi connectivity index (χ3v) is 10.4. The molecule has 1 saturated heterocycles. The molecule has 0 unspecified atom stereocenters. The second kappa shape index (κ2) is 22.0. The average molecular weight is 806 g/mol. The molecular weight excluding hydrogens is 743 g/mol. The summed E-state index contributed by atoms with van der Waals surface area (Å²) < 4.78 is 0. The Balaban J connectivity index is 1.77. The number of amides is 6. The first-order chi connectivity index (χ1) is 27.3. The molecule has 0 aliphatic carbocycles. The van der Waals surface area contributed by atoms with Crippen LogP contribution in [-0.4, -0.2) is 100 Å². The van der Waals surface area contributed by atoms with E-state index in [2.05, 4.69) is 26.6 Å². The van der Waals surface area contributed by atoms with Crippen LogP contribution in [0, 0.1) is 23.7 Å². The summed E-state index contributed by atoms with van der Waals surface area (Å²) >= 11 is 0. The molecule has 2 aromatic carbocycles. The lowest BCUT2D eigenvalue weighted by Gasteiger charge is -2.32. The van der Waals surface area contributed by atoms with E-state index >= 15 is 0 Å². The second-order valence-electron chi connectivity index (χ2n) is 16.5. The molecule has 1 aliphatic heterocycles. The number of carbonyl (C=O) groups excluding carboxylic acids is 6. The van der Waals surface area contributed by atoms with Crippen molar-refractivity contribution in [3.8, 4) is 0 Å². The second-order valence-corrected chi connectivity index (χ2v) is 16.5. The van der Waals surface area contributed by atoms with Crippen molar-refractivity contribution in [2.45, 2.75) is 123 Å². The van der Waals surface area contributed by atoms with Gasteiger partial charge in [0.25, 0.3) is 0 Å². The van der Waals surface area contributed by atoms with E-state index in [-0.39, 0.29) is 24.7 Å². The molecule has 0 aromatic heterocycles. The monoisotopic (exact) mass is 805 g/mol. The van der Waals surface area contributed by atoms with Crippen LogP contribution in [-0.2, 0) is 46.4 Å². The van der Waals surface area contributed by atoms with Crippen LogP contribution < -0.4 is 32.3 Å². The fourth-order valence-electron chi connectivity index (χ4n) is 6.76. The molecule has 2 aromatic rings. The fourth-order valence-corrected chi connectivity index (χ4v) is 6.76. The molecule has 15 nitrogen and oxygen atoms in total. The Labute approximate surface area is 342 Å². The van der Waals surface area contributed by atoms with Gasteiger partial charge in [0.1, 0.15) is 36.3 Å². The first-order valence-corrected chi connectivity index (χ1v) is 20.2. The number of carbonyl (C=O) groups is 7. The fraction of sp³-hybridized carbons (Fsp3) is 0.558. The molecule has 58 heavy (non-hydrogen) atoms. The zero-order chi connectivity index (χ0) is 43.3. The first kappa shape index (κ1) is 47.1. The van der Waals surface area contributed by atoms with Crippen LogP contribution in [0.4, 0.5) is 0 Å². The van der Waals surface area contributed by atoms with Gasteiger partial charge in [-0.15, -0.1) is 0 Å². The van der Waals surface area contributed by atoms with Crippen LogP contribution in [0.25, 0.3) is 0 Å².